The lowest BCUT2D eigenvalue weighted by Crippen LogP contribution is -2.27. The fourth-order valence-electron chi connectivity index (χ4n) is 1.81. The molecule has 6 nitrogen and oxygen atoms in total. The summed E-state index contributed by atoms with van der Waals surface area (Å²) >= 11 is 5.98. The highest BCUT2D eigenvalue weighted by molar-refractivity contribution is 6.31. The molecule has 2 N–H and O–H groups in total. The van der Waals surface area contributed by atoms with Gasteiger partial charge in [-0.1, -0.05) is 25.4 Å². The number of halogens is 1. The van der Waals surface area contributed by atoms with Crippen LogP contribution in [0.4, 0.5) is 11.6 Å². The number of ether oxygens (including phenoxy) is 1. The van der Waals surface area contributed by atoms with Crippen LogP contribution in [0.3, 0.4) is 0 Å². The molecule has 0 bridgehead atoms. The van der Waals surface area contributed by atoms with Gasteiger partial charge in [-0.2, -0.15) is 0 Å². The third-order valence-corrected chi connectivity index (χ3v) is 3.23. The van der Waals surface area contributed by atoms with E-state index in [0.717, 1.165) is 0 Å². The molecule has 0 radical (unpaired) electrons. The molecule has 2 aromatic rings. The average Bonchev–Trinajstić information content (AvgIpc) is 2.53. The Balaban J connectivity index is 2.08. The summed E-state index contributed by atoms with van der Waals surface area (Å²) in [6.45, 7) is 4.67. The van der Waals surface area contributed by atoms with Crippen LogP contribution in [0.15, 0.2) is 30.6 Å². The van der Waals surface area contributed by atoms with E-state index < -0.39 is 0 Å². The minimum Gasteiger partial charge on any atom is -0.495 e. The molecule has 0 saturated heterocycles. The van der Waals surface area contributed by atoms with Crippen molar-refractivity contribution in [3.8, 4) is 5.75 Å². The van der Waals surface area contributed by atoms with E-state index in [0.29, 0.717) is 40.4 Å². The summed E-state index contributed by atoms with van der Waals surface area (Å²) in [5.41, 5.74) is 1.06. The van der Waals surface area contributed by atoms with Crippen LogP contribution in [0.2, 0.25) is 5.02 Å². The molecular weight excluding hydrogens is 316 g/mol. The van der Waals surface area contributed by atoms with Gasteiger partial charge >= 0.3 is 0 Å². The van der Waals surface area contributed by atoms with Gasteiger partial charge < -0.3 is 15.4 Å². The molecule has 0 fully saturated rings. The van der Waals surface area contributed by atoms with Crippen LogP contribution in [0, 0.1) is 5.92 Å². The Kier molecular flexibility index (Phi) is 5.76. The number of carbonyl (C=O) groups is 1. The van der Waals surface area contributed by atoms with Crippen molar-refractivity contribution in [2.75, 3.05) is 19.0 Å². The number of carbonyl (C=O) groups excluding carboxylic acids is 1. The van der Waals surface area contributed by atoms with Crippen molar-refractivity contribution in [1.29, 1.82) is 0 Å². The highest BCUT2D eigenvalue weighted by Crippen LogP contribution is 2.29. The quantitative estimate of drug-likeness (QED) is 0.848. The first kappa shape index (κ1) is 17.0. The van der Waals surface area contributed by atoms with E-state index in [1.54, 1.807) is 25.3 Å². The highest BCUT2D eigenvalue weighted by Gasteiger charge is 2.09. The third-order valence-electron chi connectivity index (χ3n) is 2.99. The summed E-state index contributed by atoms with van der Waals surface area (Å²) in [6, 6.07) is 5.19. The summed E-state index contributed by atoms with van der Waals surface area (Å²) in [7, 11) is 1.57. The van der Waals surface area contributed by atoms with E-state index in [-0.39, 0.29) is 5.91 Å². The topological polar surface area (TPSA) is 76.1 Å². The first-order valence-corrected chi connectivity index (χ1v) is 7.58. The molecule has 0 aliphatic heterocycles. The normalized spacial score (nSPS) is 10.5. The van der Waals surface area contributed by atoms with Gasteiger partial charge in [0.2, 0.25) is 5.95 Å². The Morgan fingerprint density at radius 2 is 2.00 bits per heavy atom. The number of amides is 1. The molecular formula is C16H19ClN4O2. The molecule has 1 heterocycles. The number of hydrogen-bond acceptors (Lipinski definition) is 5. The number of benzene rings is 1. The number of nitrogens with one attached hydrogen (secondary N) is 2. The molecule has 1 aromatic heterocycles. The number of anilines is 2. The molecule has 2 rings (SSSR count). The lowest BCUT2D eigenvalue weighted by atomic mass is 10.2. The molecule has 122 valence electrons. The summed E-state index contributed by atoms with van der Waals surface area (Å²) in [4.78, 5) is 20.2. The van der Waals surface area contributed by atoms with E-state index >= 15 is 0 Å². The second-order valence-corrected chi connectivity index (χ2v) is 5.81. The summed E-state index contributed by atoms with van der Waals surface area (Å²) in [5, 5.41) is 6.40. The minimum absolute atomic E-state index is 0.189. The van der Waals surface area contributed by atoms with Gasteiger partial charge in [-0.15, -0.1) is 0 Å². The molecule has 0 unspecified atom stereocenters. The molecule has 7 heteroatoms. The number of rotatable bonds is 6. The maximum atomic E-state index is 11.9. The fraction of sp³-hybridized carbons (Fsp3) is 0.312. The van der Waals surface area contributed by atoms with Crippen LogP contribution >= 0.6 is 11.6 Å². The summed E-state index contributed by atoms with van der Waals surface area (Å²) < 4.78 is 5.25. The summed E-state index contributed by atoms with van der Waals surface area (Å²) in [6.07, 6.45) is 2.95. The van der Waals surface area contributed by atoms with Gasteiger partial charge in [-0.05, 0) is 24.1 Å². The molecule has 0 aliphatic carbocycles. The van der Waals surface area contributed by atoms with Gasteiger partial charge in [-0.25, -0.2) is 9.97 Å². The van der Waals surface area contributed by atoms with E-state index in [1.165, 1.54) is 12.4 Å². The van der Waals surface area contributed by atoms with Gasteiger partial charge in [0.15, 0.2) is 0 Å². The first-order chi connectivity index (χ1) is 11.0. The first-order valence-electron chi connectivity index (χ1n) is 7.20. The minimum atomic E-state index is -0.189. The average molecular weight is 335 g/mol. The van der Waals surface area contributed by atoms with Crippen molar-refractivity contribution in [2.24, 2.45) is 5.92 Å². The zero-order chi connectivity index (χ0) is 16.8. The predicted molar refractivity (Wildman–Crippen MR) is 90.5 cm³/mol. The number of nitrogens with zero attached hydrogens (tertiary/aromatic N) is 2. The predicted octanol–water partition coefficient (Wildman–Crippen LogP) is 3.27. The number of methoxy groups -OCH3 is 1. The van der Waals surface area contributed by atoms with Crippen molar-refractivity contribution in [2.45, 2.75) is 13.8 Å². The Bertz CT molecular complexity index is 674. The van der Waals surface area contributed by atoms with E-state index in [9.17, 15) is 4.79 Å². The van der Waals surface area contributed by atoms with Gasteiger partial charge in [0.05, 0.1) is 18.4 Å². The van der Waals surface area contributed by atoms with Crippen LogP contribution < -0.4 is 15.4 Å². The maximum Gasteiger partial charge on any atom is 0.254 e. The van der Waals surface area contributed by atoms with Crippen molar-refractivity contribution in [3.63, 3.8) is 0 Å². The molecule has 1 amide bonds. The zero-order valence-electron chi connectivity index (χ0n) is 13.3. The molecule has 23 heavy (non-hydrogen) atoms. The number of hydrogen-bond donors (Lipinski definition) is 2. The highest BCUT2D eigenvalue weighted by atomic mass is 35.5. The number of aromatic nitrogens is 2. The Morgan fingerprint density at radius 1 is 1.30 bits per heavy atom. The van der Waals surface area contributed by atoms with Gasteiger partial charge in [-0.3, -0.25) is 4.79 Å². The smallest absolute Gasteiger partial charge is 0.254 e. The van der Waals surface area contributed by atoms with Crippen LogP contribution in [0.1, 0.15) is 24.2 Å². The SMILES string of the molecule is COc1ccc(Cl)cc1Nc1ncc(C(=O)NCC(C)C)cn1. The van der Waals surface area contributed by atoms with Crippen LogP contribution in [-0.4, -0.2) is 29.5 Å². The van der Waals surface area contributed by atoms with Crippen LogP contribution in [0.5, 0.6) is 5.75 Å². The molecule has 0 saturated carbocycles. The van der Waals surface area contributed by atoms with Gasteiger partial charge in [0, 0.05) is 24.0 Å². The van der Waals surface area contributed by atoms with Crippen LogP contribution in [-0.2, 0) is 0 Å². The Hall–Kier alpha value is -2.34. The van der Waals surface area contributed by atoms with Crippen molar-refractivity contribution in [3.05, 3.63) is 41.2 Å². The van der Waals surface area contributed by atoms with Crippen molar-refractivity contribution >= 4 is 29.1 Å². The van der Waals surface area contributed by atoms with E-state index in [2.05, 4.69) is 20.6 Å². The molecule has 0 spiro atoms. The summed E-state index contributed by atoms with van der Waals surface area (Å²) in [5.74, 6) is 1.17. The van der Waals surface area contributed by atoms with E-state index in [1.807, 2.05) is 13.8 Å². The molecule has 1 aromatic carbocycles. The second-order valence-electron chi connectivity index (χ2n) is 5.37. The second kappa shape index (κ2) is 7.78. The van der Waals surface area contributed by atoms with E-state index in [4.69, 9.17) is 16.3 Å². The Morgan fingerprint density at radius 3 is 2.61 bits per heavy atom. The fourth-order valence-corrected chi connectivity index (χ4v) is 1.98. The monoisotopic (exact) mass is 334 g/mol. The van der Waals surface area contributed by atoms with Gasteiger partial charge in [0.1, 0.15) is 5.75 Å². The standard InChI is InChI=1S/C16H19ClN4O2/c1-10(2)7-18-15(22)11-8-19-16(20-9-11)21-13-6-12(17)4-5-14(13)23-3/h4-6,8-10H,7H2,1-3H3,(H,18,22)(H,19,20,21). The van der Waals surface area contributed by atoms with Crippen molar-refractivity contribution in [1.82, 2.24) is 15.3 Å². The molecule has 0 atom stereocenters. The molecule has 0 aliphatic rings. The third kappa shape index (κ3) is 4.82. The maximum absolute atomic E-state index is 11.9. The largest absolute Gasteiger partial charge is 0.495 e. The lowest BCUT2D eigenvalue weighted by Gasteiger charge is -2.11. The van der Waals surface area contributed by atoms with Gasteiger partial charge in [0.25, 0.3) is 5.91 Å². The lowest BCUT2D eigenvalue weighted by molar-refractivity contribution is 0.0948. The van der Waals surface area contributed by atoms with Crippen LogP contribution in [0.25, 0.3) is 0 Å². The van der Waals surface area contributed by atoms with Crippen molar-refractivity contribution < 1.29 is 9.53 Å². The zero-order valence-corrected chi connectivity index (χ0v) is 14.0. The Labute approximate surface area is 140 Å².